The van der Waals surface area contributed by atoms with Crippen LogP contribution in [0.25, 0.3) is 0 Å². The van der Waals surface area contributed by atoms with Gasteiger partial charge >= 0.3 is 7.32 Å². The van der Waals surface area contributed by atoms with Crippen molar-refractivity contribution in [2.75, 3.05) is 0 Å². The normalized spacial score (nSPS) is 9.64. The Bertz CT molecular complexity index is 358. The first-order chi connectivity index (χ1) is 6.50. The molecule has 1 rings (SSSR count). The third-order valence-electron chi connectivity index (χ3n) is 1.36. The van der Waals surface area contributed by atoms with E-state index in [1.54, 1.807) is 0 Å². The lowest BCUT2D eigenvalue weighted by molar-refractivity contribution is -0.385. The standard InChI is InChI=1S/C6H5BFNO5/c8-5-2-1-4(9(12)13)3-6(5)14-7(10)11/h1-3,10-11H. The second-order valence-electron chi connectivity index (χ2n) is 2.32. The Balaban J connectivity index is 3.02. The van der Waals surface area contributed by atoms with Crippen molar-refractivity contribution in [2.45, 2.75) is 0 Å². The van der Waals surface area contributed by atoms with Gasteiger partial charge in [-0.3, -0.25) is 10.1 Å². The molecule has 0 heterocycles. The zero-order valence-corrected chi connectivity index (χ0v) is 6.75. The number of non-ortho nitro benzene ring substituents is 1. The molecule has 0 unspecified atom stereocenters. The van der Waals surface area contributed by atoms with Crippen LogP contribution in [0.4, 0.5) is 10.1 Å². The van der Waals surface area contributed by atoms with Gasteiger partial charge in [-0.2, -0.15) is 0 Å². The van der Waals surface area contributed by atoms with E-state index in [4.69, 9.17) is 10.0 Å². The molecule has 0 fully saturated rings. The van der Waals surface area contributed by atoms with E-state index in [0.29, 0.717) is 0 Å². The molecule has 0 aliphatic heterocycles. The summed E-state index contributed by atoms with van der Waals surface area (Å²) in [4.78, 5) is 9.50. The molecule has 74 valence electrons. The monoisotopic (exact) mass is 201 g/mol. The number of halogens is 1. The molecule has 14 heavy (non-hydrogen) atoms. The first-order valence-corrected chi connectivity index (χ1v) is 3.47. The van der Waals surface area contributed by atoms with Crippen molar-refractivity contribution in [3.8, 4) is 5.75 Å². The number of nitro groups is 1. The molecule has 0 saturated carbocycles. The van der Waals surface area contributed by atoms with Gasteiger partial charge in [-0.25, -0.2) is 4.39 Å². The fourth-order valence-electron chi connectivity index (χ4n) is 0.809. The second-order valence-corrected chi connectivity index (χ2v) is 2.32. The highest BCUT2D eigenvalue weighted by Gasteiger charge is 2.17. The van der Waals surface area contributed by atoms with Crippen LogP contribution in [-0.2, 0) is 0 Å². The van der Waals surface area contributed by atoms with Crippen molar-refractivity contribution in [2.24, 2.45) is 0 Å². The van der Waals surface area contributed by atoms with Crippen molar-refractivity contribution in [1.82, 2.24) is 0 Å². The Labute approximate surface area is 77.9 Å². The lowest BCUT2D eigenvalue weighted by Gasteiger charge is -2.04. The van der Waals surface area contributed by atoms with E-state index in [2.05, 4.69) is 4.65 Å². The quantitative estimate of drug-likeness (QED) is 0.410. The summed E-state index contributed by atoms with van der Waals surface area (Å²) < 4.78 is 17.0. The van der Waals surface area contributed by atoms with Crippen LogP contribution >= 0.6 is 0 Å². The second kappa shape index (κ2) is 4.03. The van der Waals surface area contributed by atoms with Crippen LogP contribution in [0, 0.1) is 15.9 Å². The Morgan fingerprint density at radius 2 is 2.14 bits per heavy atom. The summed E-state index contributed by atoms with van der Waals surface area (Å²) in [5, 5.41) is 27.0. The minimum absolute atomic E-state index is 0.401. The molecule has 8 heteroatoms. The topological polar surface area (TPSA) is 92.8 Å². The van der Waals surface area contributed by atoms with Crippen molar-refractivity contribution < 1.29 is 24.0 Å². The van der Waals surface area contributed by atoms with Gasteiger partial charge in [0, 0.05) is 6.07 Å². The van der Waals surface area contributed by atoms with E-state index >= 15 is 0 Å². The van der Waals surface area contributed by atoms with E-state index < -0.39 is 29.5 Å². The molecule has 6 nitrogen and oxygen atoms in total. The minimum Gasteiger partial charge on any atom is -0.509 e. The lowest BCUT2D eigenvalue weighted by Crippen LogP contribution is -2.21. The Morgan fingerprint density at radius 1 is 1.50 bits per heavy atom. The van der Waals surface area contributed by atoms with E-state index in [9.17, 15) is 14.5 Å². The predicted octanol–water partition coefficient (Wildman–Crippen LogP) is 0.0822. The highest BCUT2D eigenvalue weighted by molar-refractivity contribution is 6.33. The molecular formula is C6H5BFNO5. The third-order valence-corrected chi connectivity index (χ3v) is 1.36. The minimum atomic E-state index is -2.22. The summed E-state index contributed by atoms with van der Waals surface area (Å²) >= 11 is 0. The van der Waals surface area contributed by atoms with E-state index in [-0.39, 0.29) is 0 Å². The summed E-state index contributed by atoms with van der Waals surface area (Å²) in [6.45, 7) is 0. The fraction of sp³-hybridized carbons (Fsp3) is 0. The molecule has 0 spiro atoms. The van der Waals surface area contributed by atoms with Gasteiger partial charge in [0.2, 0.25) is 0 Å². The molecular weight excluding hydrogens is 196 g/mol. The van der Waals surface area contributed by atoms with Gasteiger partial charge < -0.3 is 14.7 Å². The Morgan fingerprint density at radius 3 is 2.64 bits per heavy atom. The first-order valence-electron chi connectivity index (χ1n) is 3.47. The van der Waals surface area contributed by atoms with Crippen molar-refractivity contribution >= 4 is 13.0 Å². The molecule has 0 aromatic heterocycles. The first kappa shape index (κ1) is 10.4. The molecule has 1 aromatic carbocycles. The van der Waals surface area contributed by atoms with Crippen LogP contribution in [-0.4, -0.2) is 22.3 Å². The number of hydrogen-bond donors (Lipinski definition) is 2. The smallest absolute Gasteiger partial charge is 0.509 e. The van der Waals surface area contributed by atoms with Gasteiger partial charge in [0.05, 0.1) is 11.0 Å². The van der Waals surface area contributed by atoms with Gasteiger partial charge in [-0.1, -0.05) is 0 Å². The van der Waals surface area contributed by atoms with Crippen molar-refractivity contribution in [1.29, 1.82) is 0 Å². The van der Waals surface area contributed by atoms with E-state index in [0.717, 1.165) is 18.2 Å². The predicted molar refractivity (Wildman–Crippen MR) is 43.9 cm³/mol. The van der Waals surface area contributed by atoms with Crippen LogP contribution in [0.15, 0.2) is 18.2 Å². The molecule has 2 N–H and O–H groups in total. The molecule has 0 radical (unpaired) electrons. The summed E-state index contributed by atoms with van der Waals surface area (Å²) in [5.41, 5.74) is -0.401. The van der Waals surface area contributed by atoms with Crippen LogP contribution in [0.2, 0.25) is 0 Å². The van der Waals surface area contributed by atoms with Gasteiger partial charge in [0.15, 0.2) is 5.82 Å². The largest absolute Gasteiger partial charge is 0.707 e. The summed E-state index contributed by atoms with van der Waals surface area (Å²) in [7, 11) is -2.22. The third kappa shape index (κ3) is 2.41. The van der Waals surface area contributed by atoms with Crippen molar-refractivity contribution in [3.63, 3.8) is 0 Å². The van der Waals surface area contributed by atoms with Crippen LogP contribution in [0.1, 0.15) is 0 Å². The van der Waals surface area contributed by atoms with Crippen LogP contribution in [0.3, 0.4) is 0 Å². The lowest BCUT2D eigenvalue weighted by atomic mass is 10.2. The zero-order valence-electron chi connectivity index (χ0n) is 6.75. The van der Waals surface area contributed by atoms with Crippen LogP contribution < -0.4 is 4.65 Å². The number of hydrogen-bond acceptors (Lipinski definition) is 5. The molecule has 0 saturated heterocycles. The summed E-state index contributed by atoms with van der Waals surface area (Å²) in [6.07, 6.45) is 0. The number of benzene rings is 1. The molecule has 0 atom stereocenters. The number of nitrogens with zero attached hydrogens (tertiary/aromatic N) is 1. The maximum Gasteiger partial charge on any atom is 0.707 e. The molecule has 1 aromatic rings. The average Bonchev–Trinajstić information content (AvgIpc) is 2.07. The van der Waals surface area contributed by atoms with Gasteiger partial charge in [0.25, 0.3) is 5.69 Å². The fourth-order valence-corrected chi connectivity index (χ4v) is 0.809. The summed E-state index contributed by atoms with van der Waals surface area (Å²) in [5.74, 6) is -1.50. The molecule has 0 bridgehead atoms. The Hall–Kier alpha value is -1.67. The summed E-state index contributed by atoms with van der Waals surface area (Å²) in [6, 6.07) is 2.50. The van der Waals surface area contributed by atoms with E-state index in [1.165, 1.54) is 0 Å². The maximum atomic E-state index is 12.8. The van der Waals surface area contributed by atoms with E-state index in [1.807, 2.05) is 0 Å². The SMILES string of the molecule is O=[N+]([O-])c1ccc(F)c(OB(O)O)c1. The Kier molecular flexibility index (Phi) is 3.00. The highest BCUT2D eigenvalue weighted by atomic mass is 19.1. The molecule has 0 aliphatic carbocycles. The number of rotatable bonds is 3. The average molecular weight is 201 g/mol. The van der Waals surface area contributed by atoms with Gasteiger partial charge in [-0.15, -0.1) is 0 Å². The van der Waals surface area contributed by atoms with Gasteiger partial charge in [-0.05, 0) is 6.07 Å². The zero-order chi connectivity index (χ0) is 10.7. The van der Waals surface area contributed by atoms with Gasteiger partial charge in [0.1, 0.15) is 5.75 Å². The number of nitro benzene ring substituents is 1. The molecule has 0 aliphatic rings. The maximum absolute atomic E-state index is 12.8. The van der Waals surface area contributed by atoms with Crippen LogP contribution in [0.5, 0.6) is 5.75 Å². The molecule has 0 amide bonds. The van der Waals surface area contributed by atoms with Crippen molar-refractivity contribution in [3.05, 3.63) is 34.1 Å². The highest BCUT2D eigenvalue weighted by Crippen LogP contribution is 2.23.